The second kappa shape index (κ2) is 4.03. The van der Waals surface area contributed by atoms with E-state index in [2.05, 4.69) is 10.3 Å². The number of hydrogen-bond donors (Lipinski definition) is 3. The van der Waals surface area contributed by atoms with E-state index in [1.807, 2.05) is 0 Å². The smallest absolute Gasteiger partial charge is 0.327 e. The summed E-state index contributed by atoms with van der Waals surface area (Å²) >= 11 is 0. The number of guanidine groups is 1. The van der Waals surface area contributed by atoms with Crippen LogP contribution in [0, 0.1) is 0 Å². The summed E-state index contributed by atoms with van der Waals surface area (Å²) in [5, 5.41) is 11.3. The molecule has 0 aromatic rings. The van der Waals surface area contributed by atoms with E-state index in [-0.39, 0.29) is 37.6 Å². The number of carbonyl (C=O) groups excluding carboxylic acids is 1. The lowest BCUT2D eigenvalue weighted by Gasteiger charge is -2.29. The van der Waals surface area contributed by atoms with Crippen molar-refractivity contribution in [1.82, 2.24) is 10.2 Å². The number of ether oxygens (including phenoxy) is 1. The fourth-order valence-corrected chi connectivity index (χ4v) is 1.71. The molecule has 84 valence electrons. The molecule has 1 saturated heterocycles. The fraction of sp³-hybridized carbons (Fsp3) is 0.750. The van der Waals surface area contributed by atoms with Crippen LogP contribution in [-0.4, -0.2) is 47.6 Å². The third kappa shape index (κ3) is 2.02. The number of rotatable bonds is 2. The molecule has 2 heterocycles. The number of hydrogen-bond acceptors (Lipinski definition) is 5. The number of urea groups is 1. The number of aliphatic hydroxyl groups excluding tert-OH is 1. The van der Waals surface area contributed by atoms with Crippen molar-refractivity contribution >= 4 is 12.0 Å². The summed E-state index contributed by atoms with van der Waals surface area (Å²) in [5.41, 5.74) is 5.35. The van der Waals surface area contributed by atoms with Gasteiger partial charge in [-0.25, -0.2) is 9.79 Å². The van der Waals surface area contributed by atoms with Gasteiger partial charge in [0.2, 0.25) is 0 Å². The highest BCUT2D eigenvalue weighted by Crippen LogP contribution is 2.22. The highest BCUT2D eigenvalue weighted by atomic mass is 16.5. The maximum absolute atomic E-state index is 11.5. The summed E-state index contributed by atoms with van der Waals surface area (Å²) in [6.45, 7) is 0.192. The number of nitrogens with zero attached hydrogens (tertiary/aromatic N) is 2. The third-order valence-corrected chi connectivity index (χ3v) is 2.53. The number of carbonyl (C=O) groups is 1. The van der Waals surface area contributed by atoms with Crippen LogP contribution in [0.15, 0.2) is 4.99 Å². The zero-order chi connectivity index (χ0) is 10.8. The van der Waals surface area contributed by atoms with Gasteiger partial charge in [-0.1, -0.05) is 0 Å². The summed E-state index contributed by atoms with van der Waals surface area (Å²) in [6.07, 6.45) is 0.989. The molecule has 2 atom stereocenters. The van der Waals surface area contributed by atoms with Gasteiger partial charge >= 0.3 is 6.03 Å². The van der Waals surface area contributed by atoms with Gasteiger partial charge in [-0.15, -0.1) is 0 Å². The third-order valence-electron chi connectivity index (χ3n) is 2.53. The first-order valence-corrected chi connectivity index (χ1v) is 4.84. The molecule has 4 N–H and O–H groups in total. The standard InChI is InChI=1S/C8H14N4O3/c9-7-10-4-12(8(14)11-7)6-2-1-5(3-13)15-6/h5-6,13H,1-4H2,(H3,9,10,11,14)/t5-,6+/m0/s1. The van der Waals surface area contributed by atoms with E-state index in [1.54, 1.807) is 0 Å². The minimum absolute atomic E-state index is 0.0165. The number of aliphatic hydroxyl groups is 1. The number of nitrogens with one attached hydrogen (secondary N) is 1. The second-order valence-electron chi connectivity index (χ2n) is 3.56. The maximum Gasteiger partial charge on any atom is 0.327 e. The Labute approximate surface area is 86.9 Å². The molecule has 1 fully saturated rings. The van der Waals surface area contributed by atoms with E-state index in [9.17, 15) is 4.79 Å². The van der Waals surface area contributed by atoms with E-state index in [0.29, 0.717) is 6.42 Å². The number of aliphatic imine (C=N–C) groups is 1. The molecule has 0 saturated carbocycles. The molecule has 2 amide bonds. The van der Waals surface area contributed by atoms with Gasteiger partial charge in [0, 0.05) is 0 Å². The quantitative estimate of drug-likeness (QED) is 0.536. The number of nitrogens with two attached hydrogens (primary N) is 1. The molecular formula is C8H14N4O3. The SMILES string of the molecule is NC1=NCN([C@H]2CC[C@@H](CO)O2)C(=O)N1. The van der Waals surface area contributed by atoms with Gasteiger partial charge in [0.25, 0.3) is 0 Å². The topological polar surface area (TPSA) is 100 Å². The van der Waals surface area contributed by atoms with E-state index in [0.717, 1.165) is 6.42 Å². The van der Waals surface area contributed by atoms with E-state index < -0.39 is 0 Å². The molecule has 0 aliphatic carbocycles. The molecule has 2 aliphatic rings. The van der Waals surface area contributed by atoms with E-state index in [4.69, 9.17) is 15.6 Å². The zero-order valence-electron chi connectivity index (χ0n) is 8.22. The van der Waals surface area contributed by atoms with Crippen molar-refractivity contribution in [1.29, 1.82) is 0 Å². The molecule has 0 aromatic carbocycles. The monoisotopic (exact) mass is 214 g/mol. The van der Waals surface area contributed by atoms with Crippen molar-refractivity contribution in [2.45, 2.75) is 25.2 Å². The normalized spacial score (nSPS) is 31.4. The first-order valence-electron chi connectivity index (χ1n) is 4.84. The van der Waals surface area contributed by atoms with Crippen LogP contribution in [-0.2, 0) is 4.74 Å². The lowest BCUT2D eigenvalue weighted by Crippen LogP contribution is -2.54. The molecule has 2 rings (SSSR count). The van der Waals surface area contributed by atoms with Gasteiger partial charge < -0.3 is 15.6 Å². The lowest BCUT2D eigenvalue weighted by atomic mass is 10.2. The minimum Gasteiger partial charge on any atom is -0.394 e. The molecular weight excluding hydrogens is 200 g/mol. The maximum atomic E-state index is 11.5. The second-order valence-corrected chi connectivity index (χ2v) is 3.56. The molecule has 0 spiro atoms. The highest BCUT2D eigenvalue weighted by Gasteiger charge is 2.33. The molecule has 7 nitrogen and oxygen atoms in total. The predicted molar refractivity (Wildman–Crippen MR) is 51.8 cm³/mol. The van der Waals surface area contributed by atoms with Crippen LogP contribution in [0.2, 0.25) is 0 Å². The molecule has 0 radical (unpaired) electrons. The van der Waals surface area contributed by atoms with Crippen molar-refractivity contribution in [3.63, 3.8) is 0 Å². The molecule has 0 bridgehead atoms. The van der Waals surface area contributed by atoms with Gasteiger partial charge in [-0.2, -0.15) is 0 Å². The molecule has 15 heavy (non-hydrogen) atoms. The summed E-state index contributed by atoms with van der Waals surface area (Å²) in [4.78, 5) is 16.9. The Kier molecular flexibility index (Phi) is 2.74. The minimum atomic E-state index is -0.306. The zero-order valence-corrected chi connectivity index (χ0v) is 8.22. The molecule has 2 aliphatic heterocycles. The van der Waals surface area contributed by atoms with Crippen LogP contribution in [0.25, 0.3) is 0 Å². The molecule has 7 heteroatoms. The average Bonchev–Trinajstić information content (AvgIpc) is 2.66. The molecule has 0 unspecified atom stereocenters. The Morgan fingerprint density at radius 3 is 3.07 bits per heavy atom. The van der Waals surface area contributed by atoms with E-state index in [1.165, 1.54) is 4.90 Å². The summed E-state index contributed by atoms with van der Waals surface area (Å²) in [6, 6.07) is -0.300. The Balaban J connectivity index is 1.97. The Bertz CT molecular complexity index is 294. The van der Waals surface area contributed by atoms with Crippen LogP contribution >= 0.6 is 0 Å². The van der Waals surface area contributed by atoms with Gasteiger partial charge in [0.1, 0.15) is 12.9 Å². The van der Waals surface area contributed by atoms with Crippen molar-refractivity contribution in [2.75, 3.05) is 13.3 Å². The Morgan fingerprint density at radius 1 is 1.67 bits per heavy atom. The Hall–Kier alpha value is -1.34. The molecule has 0 aromatic heterocycles. The van der Waals surface area contributed by atoms with Gasteiger partial charge in [-0.3, -0.25) is 10.2 Å². The van der Waals surface area contributed by atoms with Crippen LogP contribution in [0.3, 0.4) is 0 Å². The lowest BCUT2D eigenvalue weighted by molar-refractivity contribution is -0.0499. The predicted octanol–water partition coefficient (Wildman–Crippen LogP) is -1.22. The van der Waals surface area contributed by atoms with E-state index >= 15 is 0 Å². The summed E-state index contributed by atoms with van der Waals surface area (Å²) in [5.74, 6) is 0.132. The van der Waals surface area contributed by atoms with Crippen molar-refractivity contribution in [3.05, 3.63) is 0 Å². The first-order chi connectivity index (χ1) is 7.20. The van der Waals surface area contributed by atoms with Crippen molar-refractivity contribution in [2.24, 2.45) is 10.7 Å². The average molecular weight is 214 g/mol. The Morgan fingerprint density at radius 2 is 2.47 bits per heavy atom. The van der Waals surface area contributed by atoms with Crippen LogP contribution < -0.4 is 11.1 Å². The van der Waals surface area contributed by atoms with Crippen LogP contribution in [0.1, 0.15) is 12.8 Å². The van der Waals surface area contributed by atoms with Crippen LogP contribution in [0.4, 0.5) is 4.79 Å². The summed E-state index contributed by atoms with van der Waals surface area (Å²) in [7, 11) is 0. The van der Waals surface area contributed by atoms with Gasteiger partial charge in [0.15, 0.2) is 5.96 Å². The van der Waals surface area contributed by atoms with Crippen molar-refractivity contribution < 1.29 is 14.6 Å². The van der Waals surface area contributed by atoms with Crippen molar-refractivity contribution in [3.8, 4) is 0 Å². The largest absolute Gasteiger partial charge is 0.394 e. The first kappa shape index (κ1) is 10.2. The van der Waals surface area contributed by atoms with Gasteiger partial charge in [0.05, 0.1) is 12.7 Å². The van der Waals surface area contributed by atoms with Crippen LogP contribution in [0.5, 0.6) is 0 Å². The van der Waals surface area contributed by atoms with Gasteiger partial charge in [-0.05, 0) is 12.8 Å². The summed E-state index contributed by atoms with van der Waals surface area (Å²) < 4.78 is 5.46. The number of amides is 2. The highest BCUT2D eigenvalue weighted by molar-refractivity contribution is 5.96. The fourth-order valence-electron chi connectivity index (χ4n) is 1.71.